The van der Waals surface area contributed by atoms with Crippen molar-refractivity contribution < 1.29 is 0 Å². The van der Waals surface area contributed by atoms with Crippen LogP contribution in [0.1, 0.15) is 0 Å². The summed E-state index contributed by atoms with van der Waals surface area (Å²) in [6.07, 6.45) is 0. The van der Waals surface area contributed by atoms with Gasteiger partial charge in [-0.2, -0.15) is 10.2 Å². The van der Waals surface area contributed by atoms with Crippen LogP contribution in [0.5, 0.6) is 0 Å². The maximum absolute atomic E-state index is 11.6. The molecule has 0 aliphatic heterocycles. The monoisotopic (exact) mass is 242 g/mol. The number of hydrogen-bond donors (Lipinski definition) is 3. The molecule has 0 bridgehead atoms. The first-order valence-electron chi connectivity index (χ1n) is 5.26. The lowest BCUT2D eigenvalue weighted by Crippen LogP contribution is -2.10. The maximum atomic E-state index is 11.6. The lowest BCUT2D eigenvalue weighted by molar-refractivity contribution is 0.901. The highest BCUT2D eigenvalue weighted by atomic mass is 16.1. The van der Waals surface area contributed by atoms with Crippen LogP contribution in [-0.2, 0) is 0 Å². The van der Waals surface area contributed by atoms with E-state index >= 15 is 0 Å². The molecule has 3 aromatic rings. The normalized spacial score (nSPS) is 10.9. The Kier molecular flexibility index (Phi) is 2.06. The fourth-order valence-corrected chi connectivity index (χ4v) is 1.83. The average Bonchev–Trinajstić information content (AvgIpc) is 2.74. The van der Waals surface area contributed by atoms with Gasteiger partial charge in [0.25, 0.3) is 5.56 Å². The van der Waals surface area contributed by atoms with Crippen molar-refractivity contribution >= 4 is 22.5 Å². The number of fused-ring (bicyclic) bond motifs is 1. The third-order valence-corrected chi connectivity index (χ3v) is 2.67. The molecule has 1 aromatic carbocycles. The number of H-pyrrole nitrogens is 1. The van der Waals surface area contributed by atoms with E-state index in [0.717, 1.165) is 5.69 Å². The number of benzene rings is 1. The predicted octanol–water partition coefficient (Wildman–Crippen LogP) is 0.273. The Labute approximate surface area is 101 Å². The van der Waals surface area contributed by atoms with Crippen LogP contribution in [0, 0.1) is 0 Å². The second-order valence-electron chi connectivity index (χ2n) is 3.79. The molecule has 0 spiro atoms. The van der Waals surface area contributed by atoms with E-state index in [2.05, 4.69) is 15.3 Å². The van der Waals surface area contributed by atoms with Crippen molar-refractivity contribution in [2.75, 3.05) is 11.5 Å². The lowest BCUT2D eigenvalue weighted by Gasteiger charge is -2.02. The van der Waals surface area contributed by atoms with Gasteiger partial charge in [-0.3, -0.25) is 4.79 Å². The van der Waals surface area contributed by atoms with Crippen LogP contribution in [0.2, 0.25) is 0 Å². The first-order valence-corrected chi connectivity index (χ1v) is 5.26. The highest BCUT2D eigenvalue weighted by Gasteiger charge is 2.15. The van der Waals surface area contributed by atoms with E-state index in [-0.39, 0.29) is 11.3 Å². The topological polar surface area (TPSA) is 116 Å². The predicted molar refractivity (Wildman–Crippen MR) is 68.3 cm³/mol. The van der Waals surface area contributed by atoms with Crippen molar-refractivity contribution in [3.8, 4) is 5.69 Å². The van der Waals surface area contributed by atoms with E-state index in [1.165, 1.54) is 4.68 Å². The van der Waals surface area contributed by atoms with Crippen LogP contribution in [0.3, 0.4) is 0 Å². The third-order valence-electron chi connectivity index (χ3n) is 2.67. The van der Waals surface area contributed by atoms with Gasteiger partial charge in [-0.25, -0.2) is 9.78 Å². The minimum absolute atomic E-state index is 0.157. The van der Waals surface area contributed by atoms with E-state index in [1.807, 2.05) is 30.3 Å². The summed E-state index contributed by atoms with van der Waals surface area (Å²) in [5, 5.41) is 10.5. The highest BCUT2D eigenvalue weighted by Crippen LogP contribution is 2.24. The van der Waals surface area contributed by atoms with Gasteiger partial charge in [-0.1, -0.05) is 18.2 Å². The molecule has 5 N–H and O–H groups in total. The molecule has 2 heterocycles. The minimum atomic E-state index is -0.416. The summed E-state index contributed by atoms with van der Waals surface area (Å²) in [4.78, 5) is 11.6. The van der Waals surface area contributed by atoms with E-state index < -0.39 is 5.56 Å². The summed E-state index contributed by atoms with van der Waals surface area (Å²) < 4.78 is 1.47. The van der Waals surface area contributed by atoms with Gasteiger partial charge in [-0.05, 0) is 12.1 Å². The molecule has 90 valence electrons. The molecular weight excluding hydrogens is 232 g/mol. The zero-order chi connectivity index (χ0) is 12.7. The van der Waals surface area contributed by atoms with Crippen molar-refractivity contribution in [2.45, 2.75) is 0 Å². The number of hydrogen-bond acceptors (Lipinski definition) is 5. The summed E-state index contributed by atoms with van der Waals surface area (Å²) in [5.74, 6) is 0.455. The molecule has 0 amide bonds. The summed E-state index contributed by atoms with van der Waals surface area (Å²) in [6, 6.07) is 9.26. The number of nitrogens with one attached hydrogen (secondary N) is 1. The molecule has 0 atom stereocenters. The van der Waals surface area contributed by atoms with Crippen LogP contribution >= 0.6 is 0 Å². The van der Waals surface area contributed by atoms with Gasteiger partial charge in [-0.15, -0.1) is 0 Å². The molecule has 18 heavy (non-hydrogen) atoms. The molecule has 0 fully saturated rings. The zero-order valence-corrected chi connectivity index (χ0v) is 9.29. The zero-order valence-electron chi connectivity index (χ0n) is 9.29. The van der Waals surface area contributed by atoms with Gasteiger partial charge in [0.05, 0.1) is 11.1 Å². The number of para-hydroxylation sites is 1. The van der Waals surface area contributed by atoms with E-state index in [1.54, 1.807) is 0 Å². The molecule has 0 saturated heterocycles. The van der Waals surface area contributed by atoms with Gasteiger partial charge in [0.15, 0.2) is 11.3 Å². The van der Waals surface area contributed by atoms with Crippen molar-refractivity contribution in [1.82, 2.24) is 20.0 Å². The molecule has 3 rings (SSSR count). The number of nitrogen functional groups attached to an aromatic ring is 2. The number of aromatic amines is 1. The van der Waals surface area contributed by atoms with Crippen molar-refractivity contribution in [1.29, 1.82) is 0 Å². The first-order chi connectivity index (χ1) is 8.68. The molecular formula is C11H10N6O. The standard InChI is InChI=1S/C11H10N6O/c12-9-7-8(11(18)15-14-9)16-17(10(7)13)6-4-2-1-3-5-6/h1-5H,13H2,(H2,12,14)(H,15,18). The Morgan fingerprint density at radius 2 is 1.89 bits per heavy atom. The summed E-state index contributed by atoms with van der Waals surface area (Å²) in [5.41, 5.74) is 12.2. The number of nitrogens with zero attached hydrogens (tertiary/aromatic N) is 3. The van der Waals surface area contributed by atoms with E-state index in [0.29, 0.717) is 11.2 Å². The Bertz CT molecular complexity index is 773. The minimum Gasteiger partial charge on any atom is -0.383 e. The highest BCUT2D eigenvalue weighted by molar-refractivity contribution is 5.96. The summed E-state index contributed by atoms with van der Waals surface area (Å²) in [6.45, 7) is 0. The second kappa shape index (κ2) is 3.59. The van der Waals surface area contributed by atoms with Crippen molar-refractivity contribution in [3.63, 3.8) is 0 Å². The number of anilines is 2. The Hall–Kier alpha value is -2.83. The summed E-state index contributed by atoms with van der Waals surface area (Å²) >= 11 is 0. The van der Waals surface area contributed by atoms with Gasteiger partial charge in [0.2, 0.25) is 0 Å². The quantitative estimate of drug-likeness (QED) is 0.566. The lowest BCUT2D eigenvalue weighted by atomic mass is 10.3. The second-order valence-corrected chi connectivity index (χ2v) is 3.79. The molecule has 0 aliphatic carbocycles. The first kappa shape index (κ1) is 10.3. The van der Waals surface area contributed by atoms with Crippen LogP contribution in [0.25, 0.3) is 16.6 Å². The molecule has 0 saturated carbocycles. The smallest absolute Gasteiger partial charge is 0.292 e. The number of nitrogens with two attached hydrogens (primary N) is 2. The van der Waals surface area contributed by atoms with Crippen LogP contribution in [0.15, 0.2) is 35.1 Å². The van der Waals surface area contributed by atoms with E-state index in [4.69, 9.17) is 11.5 Å². The maximum Gasteiger partial charge on any atom is 0.292 e. The van der Waals surface area contributed by atoms with Gasteiger partial charge in [0.1, 0.15) is 5.82 Å². The van der Waals surface area contributed by atoms with E-state index in [9.17, 15) is 4.79 Å². The Balaban J connectivity index is 2.40. The van der Waals surface area contributed by atoms with Crippen LogP contribution in [0.4, 0.5) is 11.6 Å². The van der Waals surface area contributed by atoms with Crippen LogP contribution < -0.4 is 17.0 Å². The average molecular weight is 242 g/mol. The van der Waals surface area contributed by atoms with Crippen LogP contribution in [-0.4, -0.2) is 20.0 Å². The molecule has 7 nitrogen and oxygen atoms in total. The fourth-order valence-electron chi connectivity index (χ4n) is 1.83. The SMILES string of the molecule is Nc1n[nH]c(=O)c2nn(-c3ccccc3)c(N)c12. The summed E-state index contributed by atoms with van der Waals surface area (Å²) in [7, 11) is 0. The van der Waals surface area contributed by atoms with Gasteiger partial charge >= 0.3 is 0 Å². The number of rotatable bonds is 1. The Morgan fingerprint density at radius 3 is 2.56 bits per heavy atom. The van der Waals surface area contributed by atoms with Gasteiger partial charge in [0, 0.05) is 0 Å². The third kappa shape index (κ3) is 1.34. The molecule has 7 heteroatoms. The van der Waals surface area contributed by atoms with Crippen molar-refractivity contribution in [2.24, 2.45) is 0 Å². The Morgan fingerprint density at radius 1 is 1.17 bits per heavy atom. The fraction of sp³-hybridized carbons (Fsp3) is 0. The molecule has 0 unspecified atom stereocenters. The molecule has 2 aromatic heterocycles. The molecule has 0 radical (unpaired) electrons. The molecule has 0 aliphatic rings. The number of aromatic nitrogens is 4. The largest absolute Gasteiger partial charge is 0.383 e. The van der Waals surface area contributed by atoms with Crippen molar-refractivity contribution in [3.05, 3.63) is 40.7 Å². The van der Waals surface area contributed by atoms with Gasteiger partial charge < -0.3 is 11.5 Å².